The molecule has 2 fully saturated rings. The fraction of sp³-hybridized carbons (Fsp3) is 0.800. The van der Waals surface area contributed by atoms with Gasteiger partial charge in [0, 0.05) is 0 Å². The average Bonchev–Trinajstić information content (AvgIpc) is 2.41. The van der Waals surface area contributed by atoms with Gasteiger partial charge in [0.2, 0.25) is 0 Å². The Morgan fingerprint density at radius 2 is 1.62 bits per heavy atom. The van der Waals surface area contributed by atoms with Crippen molar-refractivity contribution in [2.75, 3.05) is 19.8 Å². The number of epoxide rings is 1. The van der Waals surface area contributed by atoms with Gasteiger partial charge in [-0.15, -0.1) is 0 Å². The Hall–Kier alpha value is -0.570. The van der Waals surface area contributed by atoms with Crippen molar-refractivity contribution >= 4 is 5.97 Å². The van der Waals surface area contributed by atoms with E-state index in [4.69, 9.17) is 0 Å². The highest BCUT2D eigenvalue weighted by Gasteiger charge is 2.10. The molecule has 2 aliphatic heterocycles. The minimum atomic E-state index is -0.0648. The molecule has 0 radical (unpaired) electrons. The minimum absolute atomic E-state index is 0.0648. The van der Waals surface area contributed by atoms with Crippen molar-refractivity contribution in [2.45, 2.75) is 6.42 Å². The number of ether oxygens (including phenoxy) is 2. The standard InChI is InChI=1S/C3H4O2.C2H4O/c4-3-1-2-5-3;1-2-3-1/h1-2H2;1-2H2. The van der Waals surface area contributed by atoms with E-state index < -0.39 is 0 Å². The Morgan fingerprint density at radius 3 is 1.62 bits per heavy atom. The molecule has 2 saturated heterocycles. The Kier molecular flexibility index (Phi) is 1.86. The van der Waals surface area contributed by atoms with E-state index in [2.05, 4.69) is 9.47 Å². The number of carbonyl (C=O) groups excluding carboxylic acids is 1. The van der Waals surface area contributed by atoms with Crippen LogP contribution in [0.5, 0.6) is 0 Å². The lowest BCUT2D eigenvalue weighted by Crippen LogP contribution is -2.18. The van der Waals surface area contributed by atoms with E-state index in [1.54, 1.807) is 0 Å². The Balaban J connectivity index is 0.0000000907. The van der Waals surface area contributed by atoms with Crippen LogP contribution in [-0.4, -0.2) is 25.8 Å². The Bertz CT molecular complexity index is 78.9. The van der Waals surface area contributed by atoms with Crippen LogP contribution in [-0.2, 0) is 14.3 Å². The van der Waals surface area contributed by atoms with Crippen molar-refractivity contribution in [1.29, 1.82) is 0 Å². The van der Waals surface area contributed by atoms with Gasteiger partial charge >= 0.3 is 5.97 Å². The zero-order valence-corrected chi connectivity index (χ0v) is 4.55. The van der Waals surface area contributed by atoms with Gasteiger partial charge in [-0.1, -0.05) is 0 Å². The molecule has 46 valence electrons. The zero-order chi connectivity index (χ0) is 5.82. The van der Waals surface area contributed by atoms with Gasteiger partial charge in [-0.2, -0.15) is 0 Å². The normalized spacial score (nSPS) is 21.8. The first-order chi connectivity index (χ1) is 3.89. The molecule has 0 aromatic carbocycles. The monoisotopic (exact) mass is 116 g/mol. The maximum absolute atomic E-state index is 9.68. The summed E-state index contributed by atoms with van der Waals surface area (Å²) in [4.78, 5) is 9.68. The summed E-state index contributed by atoms with van der Waals surface area (Å²) < 4.78 is 8.79. The van der Waals surface area contributed by atoms with Crippen molar-refractivity contribution < 1.29 is 14.3 Å². The van der Waals surface area contributed by atoms with Crippen LogP contribution in [0.25, 0.3) is 0 Å². The number of hydrogen-bond donors (Lipinski definition) is 0. The molecule has 0 atom stereocenters. The highest BCUT2D eigenvalue weighted by atomic mass is 16.6. The Labute approximate surface area is 47.6 Å². The van der Waals surface area contributed by atoms with E-state index in [0.717, 1.165) is 13.2 Å². The second-order valence-corrected chi connectivity index (χ2v) is 1.58. The minimum Gasteiger partial charge on any atom is -0.465 e. The maximum atomic E-state index is 9.68. The maximum Gasteiger partial charge on any atom is 0.309 e. The van der Waals surface area contributed by atoms with Crippen LogP contribution in [0.4, 0.5) is 0 Å². The summed E-state index contributed by atoms with van der Waals surface area (Å²) in [5.41, 5.74) is 0. The van der Waals surface area contributed by atoms with Gasteiger partial charge in [0.1, 0.15) is 6.61 Å². The predicted molar refractivity (Wildman–Crippen MR) is 26.4 cm³/mol. The molecule has 2 aliphatic rings. The second-order valence-electron chi connectivity index (χ2n) is 1.58. The summed E-state index contributed by atoms with van der Waals surface area (Å²) in [6, 6.07) is 0. The van der Waals surface area contributed by atoms with Crippen LogP contribution in [0.15, 0.2) is 0 Å². The van der Waals surface area contributed by atoms with Crippen LogP contribution in [0, 0.1) is 0 Å². The number of cyclic esters (lactones) is 1. The van der Waals surface area contributed by atoms with Crippen LogP contribution in [0.3, 0.4) is 0 Å². The third-order valence-electron chi connectivity index (χ3n) is 0.773. The molecule has 0 aliphatic carbocycles. The van der Waals surface area contributed by atoms with Crippen molar-refractivity contribution in [1.82, 2.24) is 0 Å². The second kappa shape index (κ2) is 2.67. The van der Waals surface area contributed by atoms with E-state index in [0.29, 0.717) is 13.0 Å². The number of esters is 1. The van der Waals surface area contributed by atoms with E-state index in [1.165, 1.54) is 0 Å². The predicted octanol–water partition coefficient (Wildman–Crippen LogP) is -0.0501. The molecule has 2 heterocycles. The van der Waals surface area contributed by atoms with E-state index in [9.17, 15) is 4.79 Å². The van der Waals surface area contributed by atoms with Gasteiger partial charge in [-0.25, -0.2) is 0 Å². The quantitative estimate of drug-likeness (QED) is 0.329. The molecule has 0 aromatic heterocycles. The molecular formula is C5H8O3. The van der Waals surface area contributed by atoms with Gasteiger partial charge in [-0.05, 0) is 0 Å². The van der Waals surface area contributed by atoms with Crippen LogP contribution in [0.2, 0.25) is 0 Å². The molecule has 0 aromatic rings. The smallest absolute Gasteiger partial charge is 0.309 e. The molecule has 3 heteroatoms. The SMILES string of the molecule is C1CO1.O=C1CCO1. The van der Waals surface area contributed by atoms with E-state index >= 15 is 0 Å². The lowest BCUT2D eigenvalue weighted by molar-refractivity contribution is -0.157. The van der Waals surface area contributed by atoms with Gasteiger partial charge in [0.25, 0.3) is 0 Å². The lowest BCUT2D eigenvalue weighted by Gasteiger charge is -2.09. The summed E-state index contributed by atoms with van der Waals surface area (Å²) in [5.74, 6) is -0.0648. The van der Waals surface area contributed by atoms with Crippen LogP contribution in [0.1, 0.15) is 6.42 Å². The average molecular weight is 116 g/mol. The number of carbonyl (C=O) groups is 1. The largest absolute Gasteiger partial charge is 0.465 e. The van der Waals surface area contributed by atoms with Crippen LogP contribution < -0.4 is 0 Å². The van der Waals surface area contributed by atoms with Gasteiger partial charge in [0.15, 0.2) is 0 Å². The Morgan fingerprint density at radius 1 is 1.25 bits per heavy atom. The molecule has 3 nitrogen and oxygen atoms in total. The summed E-state index contributed by atoms with van der Waals surface area (Å²) in [6.07, 6.45) is 0.625. The fourth-order valence-corrected chi connectivity index (χ4v) is 0.185. The first-order valence-corrected chi connectivity index (χ1v) is 2.63. The van der Waals surface area contributed by atoms with E-state index in [-0.39, 0.29) is 5.97 Å². The van der Waals surface area contributed by atoms with Crippen molar-refractivity contribution in [3.05, 3.63) is 0 Å². The summed E-state index contributed by atoms with van der Waals surface area (Å²) >= 11 is 0. The van der Waals surface area contributed by atoms with Crippen molar-refractivity contribution in [3.8, 4) is 0 Å². The van der Waals surface area contributed by atoms with Gasteiger partial charge in [0.05, 0.1) is 19.6 Å². The van der Waals surface area contributed by atoms with Gasteiger partial charge in [-0.3, -0.25) is 4.79 Å². The first kappa shape index (κ1) is 5.56. The summed E-state index contributed by atoms with van der Waals surface area (Å²) in [6.45, 7) is 2.64. The summed E-state index contributed by atoms with van der Waals surface area (Å²) in [7, 11) is 0. The van der Waals surface area contributed by atoms with Crippen molar-refractivity contribution in [3.63, 3.8) is 0 Å². The third-order valence-corrected chi connectivity index (χ3v) is 0.773. The topological polar surface area (TPSA) is 38.8 Å². The number of hydrogen-bond acceptors (Lipinski definition) is 3. The molecule has 0 N–H and O–H groups in total. The number of rotatable bonds is 0. The molecule has 0 unspecified atom stereocenters. The fourth-order valence-electron chi connectivity index (χ4n) is 0.185. The van der Waals surface area contributed by atoms with Crippen molar-refractivity contribution in [2.24, 2.45) is 0 Å². The van der Waals surface area contributed by atoms with E-state index in [1.807, 2.05) is 0 Å². The van der Waals surface area contributed by atoms with Gasteiger partial charge < -0.3 is 9.47 Å². The molecule has 8 heavy (non-hydrogen) atoms. The molecule has 2 rings (SSSR count). The summed E-state index contributed by atoms with van der Waals surface area (Å²) in [5, 5.41) is 0. The zero-order valence-electron chi connectivity index (χ0n) is 4.55. The molecule has 0 spiro atoms. The van der Waals surface area contributed by atoms with Crippen LogP contribution >= 0.6 is 0 Å². The molecule has 0 bridgehead atoms. The third kappa shape index (κ3) is 2.58. The highest BCUT2D eigenvalue weighted by molar-refractivity contribution is 5.73. The highest BCUT2D eigenvalue weighted by Crippen LogP contribution is 1.97. The first-order valence-electron chi connectivity index (χ1n) is 2.63. The molecule has 0 saturated carbocycles. The lowest BCUT2D eigenvalue weighted by atomic mass is 10.4. The molecule has 0 amide bonds. The molecular weight excluding hydrogens is 108 g/mol.